The fourth-order valence-electron chi connectivity index (χ4n) is 5.23. The first-order valence-corrected chi connectivity index (χ1v) is 13.5. The van der Waals surface area contributed by atoms with Crippen molar-refractivity contribution in [3.8, 4) is 0 Å². The van der Waals surface area contributed by atoms with Gasteiger partial charge >= 0.3 is 5.97 Å². The highest BCUT2D eigenvalue weighted by atomic mass is 16.6. The third-order valence-corrected chi connectivity index (χ3v) is 7.37. The minimum absolute atomic E-state index is 0.0795. The van der Waals surface area contributed by atoms with Gasteiger partial charge in [0.05, 0.1) is 24.4 Å². The molecule has 1 unspecified atom stereocenters. The molecule has 1 saturated heterocycles. The van der Waals surface area contributed by atoms with Crippen molar-refractivity contribution in [2.75, 3.05) is 0 Å². The molecule has 1 aliphatic carbocycles. The predicted octanol–water partition coefficient (Wildman–Crippen LogP) is 4.68. The van der Waals surface area contributed by atoms with Crippen LogP contribution in [0.3, 0.4) is 0 Å². The molecule has 2 bridgehead atoms. The van der Waals surface area contributed by atoms with Gasteiger partial charge in [0.2, 0.25) is 0 Å². The standard InChI is InChI=1S/C30H41O6/c1-21-9-6-12-23-13-7-14-24(34-23)15-8-16-29(33)35-27(20-28-30(36-28)26(32)19-21)25(31)18-17-22-10-4-2-3-5-11-22/h2-3,6-8,14,16-18,22-28,30-32H,1,4-5,9-13,15,19-20H2/b16-8-,18-17+/t23-,24+,25+,26+,27?,28+,30+/m1/s1. The molecule has 2 N–H and O–H groups in total. The summed E-state index contributed by atoms with van der Waals surface area (Å²) in [5.74, 6) is -0.102. The molecule has 0 saturated carbocycles. The second kappa shape index (κ2) is 13.5. The maximum Gasteiger partial charge on any atom is 0.330 e. The average Bonchev–Trinajstić information content (AvgIpc) is 3.66. The number of ether oxygens (including phenoxy) is 3. The van der Waals surface area contributed by atoms with Gasteiger partial charge in [-0.05, 0) is 70.1 Å². The zero-order valence-corrected chi connectivity index (χ0v) is 21.1. The maximum absolute atomic E-state index is 12.6. The van der Waals surface area contributed by atoms with Crippen LogP contribution in [0.1, 0.15) is 64.2 Å². The van der Waals surface area contributed by atoms with E-state index in [1.54, 1.807) is 12.2 Å². The zero-order valence-electron chi connectivity index (χ0n) is 21.1. The Morgan fingerprint density at radius 3 is 2.67 bits per heavy atom. The predicted molar refractivity (Wildman–Crippen MR) is 139 cm³/mol. The van der Waals surface area contributed by atoms with Crippen LogP contribution in [0.15, 0.2) is 60.8 Å². The minimum atomic E-state index is -0.943. The summed E-state index contributed by atoms with van der Waals surface area (Å²) in [6, 6.07) is 0. The van der Waals surface area contributed by atoms with Crippen molar-refractivity contribution >= 4 is 5.97 Å². The van der Waals surface area contributed by atoms with Gasteiger partial charge in [0.15, 0.2) is 0 Å². The molecule has 0 amide bonds. The number of carbonyl (C=O) groups is 1. The third-order valence-electron chi connectivity index (χ3n) is 7.37. The summed E-state index contributed by atoms with van der Waals surface area (Å²) in [7, 11) is 0. The smallest absolute Gasteiger partial charge is 0.330 e. The van der Waals surface area contributed by atoms with Crippen molar-refractivity contribution < 1.29 is 29.2 Å². The van der Waals surface area contributed by atoms with Crippen molar-refractivity contribution in [3.05, 3.63) is 67.2 Å². The molecule has 0 spiro atoms. The molecule has 1 fully saturated rings. The van der Waals surface area contributed by atoms with Gasteiger partial charge in [0.25, 0.3) is 0 Å². The normalized spacial score (nSPS) is 36.8. The molecule has 1 radical (unpaired) electrons. The second-order valence-corrected chi connectivity index (χ2v) is 10.5. The molecule has 0 aromatic carbocycles. The van der Waals surface area contributed by atoms with Crippen LogP contribution in [0.5, 0.6) is 0 Å². The number of cyclic esters (lactones) is 1. The van der Waals surface area contributed by atoms with Crippen LogP contribution in [-0.2, 0) is 19.0 Å². The molecule has 36 heavy (non-hydrogen) atoms. The SMILES string of the molecule is C=C1C[CH]C[C@@H]2CC=C[C@@H](C/C=C\C(=O)OC([C@@H](O)/C=C/C3CCC=CCC3)C[C@@H]3O[C@H]3[C@@H](O)C1)O2. The molecule has 6 heteroatoms. The van der Waals surface area contributed by atoms with E-state index in [1.165, 1.54) is 6.08 Å². The number of carbonyl (C=O) groups excluding carboxylic acids is 1. The number of esters is 1. The Morgan fingerprint density at radius 1 is 1.06 bits per heavy atom. The Morgan fingerprint density at radius 2 is 1.86 bits per heavy atom. The topological polar surface area (TPSA) is 88.5 Å². The van der Waals surface area contributed by atoms with Crippen LogP contribution >= 0.6 is 0 Å². The van der Waals surface area contributed by atoms with Gasteiger partial charge in [-0.1, -0.05) is 54.7 Å². The molecule has 0 aromatic heterocycles. The zero-order chi connectivity index (χ0) is 25.3. The number of epoxide rings is 1. The Labute approximate surface area is 215 Å². The van der Waals surface area contributed by atoms with E-state index in [-0.39, 0.29) is 24.4 Å². The lowest BCUT2D eigenvalue weighted by molar-refractivity contribution is -0.148. The number of hydrogen-bond acceptors (Lipinski definition) is 6. The van der Waals surface area contributed by atoms with Gasteiger partial charge in [0, 0.05) is 12.5 Å². The Hall–Kier alpha value is -1.99. The van der Waals surface area contributed by atoms with Crippen LogP contribution in [-0.4, -0.2) is 58.9 Å². The van der Waals surface area contributed by atoms with Crippen molar-refractivity contribution in [1.82, 2.24) is 0 Å². The molecule has 197 valence electrons. The van der Waals surface area contributed by atoms with Crippen LogP contribution in [0.25, 0.3) is 0 Å². The van der Waals surface area contributed by atoms with Gasteiger partial charge < -0.3 is 24.4 Å². The summed E-state index contributed by atoms with van der Waals surface area (Å²) < 4.78 is 17.6. The molecule has 4 rings (SSSR count). The summed E-state index contributed by atoms with van der Waals surface area (Å²) in [4.78, 5) is 12.6. The Bertz CT molecular complexity index is 848. The van der Waals surface area contributed by atoms with Gasteiger partial charge in [-0.15, -0.1) is 0 Å². The van der Waals surface area contributed by atoms with Crippen molar-refractivity contribution in [3.63, 3.8) is 0 Å². The minimum Gasteiger partial charge on any atom is -0.456 e. The number of rotatable bonds is 3. The van der Waals surface area contributed by atoms with Crippen molar-refractivity contribution in [1.29, 1.82) is 0 Å². The van der Waals surface area contributed by atoms with Gasteiger partial charge in [-0.2, -0.15) is 0 Å². The number of hydrogen-bond donors (Lipinski definition) is 2. The van der Waals surface area contributed by atoms with E-state index >= 15 is 0 Å². The number of fused-ring (bicyclic) bond motifs is 3. The molecule has 0 aromatic rings. The van der Waals surface area contributed by atoms with E-state index in [0.29, 0.717) is 25.2 Å². The maximum atomic E-state index is 12.6. The monoisotopic (exact) mass is 497 g/mol. The van der Waals surface area contributed by atoms with Gasteiger partial charge in [-0.25, -0.2) is 4.79 Å². The summed E-state index contributed by atoms with van der Waals surface area (Å²) in [6.07, 6.45) is 22.7. The lowest BCUT2D eigenvalue weighted by atomic mass is 9.96. The van der Waals surface area contributed by atoms with E-state index in [9.17, 15) is 15.0 Å². The second-order valence-electron chi connectivity index (χ2n) is 10.5. The van der Waals surface area contributed by atoms with Crippen molar-refractivity contribution in [2.24, 2.45) is 5.92 Å². The highest BCUT2D eigenvalue weighted by Gasteiger charge is 2.46. The van der Waals surface area contributed by atoms with Crippen LogP contribution in [0.4, 0.5) is 0 Å². The first kappa shape index (κ1) is 27.1. The molecular formula is C30H41O6. The van der Waals surface area contributed by atoms with Crippen LogP contribution in [0.2, 0.25) is 0 Å². The largest absolute Gasteiger partial charge is 0.456 e. The summed E-state index contributed by atoms with van der Waals surface area (Å²) >= 11 is 0. The Kier molecular flexibility index (Phi) is 10.2. The highest BCUT2D eigenvalue weighted by Crippen LogP contribution is 2.34. The average molecular weight is 498 g/mol. The highest BCUT2D eigenvalue weighted by molar-refractivity contribution is 5.82. The number of allylic oxidation sites excluding steroid dienone is 3. The third kappa shape index (κ3) is 8.55. The van der Waals surface area contributed by atoms with Gasteiger partial charge in [-0.3, -0.25) is 0 Å². The lowest BCUT2D eigenvalue weighted by Crippen LogP contribution is -2.32. The number of aliphatic hydroxyl groups excluding tert-OH is 2. The van der Waals surface area contributed by atoms with E-state index in [1.807, 2.05) is 6.08 Å². The molecular weight excluding hydrogens is 456 g/mol. The number of aliphatic hydroxyl groups is 2. The van der Waals surface area contributed by atoms with E-state index in [4.69, 9.17) is 14.2 Å². The lowest BCUT2D eigenvalue weighted by Gasteiger charge is -2.25. The van der Waals surface area contributed by atoms with E-state index < -0.39 is 24.3 Å². The first-order chi connectivity index (χ1) is 17.5. The molecule has 6 nitrogen and oxygen atoms in total. The Balaban J connectivity index is 1.42. The fourth-order valence-corrected chi connectivity index (χ4v) is 5.23. The molecule has 7 atom stereocenters. The van der Waals surface area contributed by atoms with Gasteiger partial charge in [0.1, 0.15) is 18.3 Å². The van der Waals surface area contributed by atoms with Crippen LogP contribution < -0.4 is 0 Å². The molecule has 3 heterocycles. The van der Waals surface area contributed by atoms with Crippen LogP contribution in [0, 0.1) is 12.3 Å². The summed E-state index contributed by atoms with van der Waals surface area (Å²) in [6.45, 7) is 4.12. The van der Waals surface area contributed by atoms with E-state index in [2.05, 4.69) is 37.3 Å². The fraction of sp³-hybridized carbons (Fsp3) is 0.600. The quantitative estimate of drug-likeness (QED) is 0.334. The first-order valence-electron chi connectivity index (χ1n) is 13.5. The molecule has 4 aliphatic rings. The van der Waals surface area contributed by atoms with E-state index in [0.717, 1.165) is 50.5 Å². The van der Waals surface area contributed by atoms with Crippen molar-refractivity contribution in [2.45, 2.75) is 107 Å². The summed E-state index contributed by atoms with van der Waals surface area (Å²) in [5.41, 5.74) is 0.951. The molecule has 3 aliphatic heterocycles. The summed E-state index contributed by atoms with van der Waals surface area (Å²) in [5, 5.41) is 21.6.